The summed E-state index contributed by atoms with van der Waals surface area (Å²) >= 11 is 12.3. The van der Waals surface area contributed by atoms with E-state index in [1.54, 1.807) is 17.4 Å². The highest BCUT2D eigenvalue weighted by molar-refractivity contribution is 9.11. The van der Waals surface area contributed by atoms with Crippen molar-refractivity contribution in [2.75, 3.05) is 0 Å². The predicted octanol–water partition coefficient (Wildman–Crippen LogP) is 7.05. The predicted molar refractivity (Wildman–Crippen MR) is 94.4 cm³/mol. The van der Waals surface area contributed by atoms with Gasteiger partial charge in [-0.05, 0) is 62.1 Å². The molecule has 0 bridgehead atoms. The lowest BCUT2D eigenvalue weighted by Gasteiger charge is -2.10. The van der Waals surface area contributed by atoms with Crippen molar-refractivity contribution in [3.8, 4) is 0 Å². The summed E-state index contributed by atoms with van der Waals surface area (Å²) in [7, 11) is 0. The first-order valence-electron chi connectivity index (χ1n) is 5.82. The molecule has 1 aromatic heterocycles. The Balaban J connectivity index is 2.13. The first-order chi connectivity index (χ1) is 9.56. The smallest absolute Gasteiger partial charge is 0.124 e. The van der Waals surface area contributed by atoms with Gasteiger partial charge in [0.2, 0.25) is 0 Å². The molecule has 1 atom stereocenters. The highest BCUT2D eigenvalue weighted by atomic mass is 79.9. The third-order valence-corrected chi connectivity index (χ3v) is 6.48. The number of halogens is 4. The highest BCUT2D eigenvalue weighted by Gasteiger charge is 2.17. The van der Waals surface area contributed by atoms with E-state index in [2.05, 4.69) is 59.2 Å². The van der Waals surface area contributed by atoms with Crippen LogP contribution >= 0.6 is 59.1 Å². The van der Waals surface area contributed by atoms with Gasteiger partial charge in [0.25, 0.3) is 0 Å². The van der Waals surface area contributed by atoms with Crippen molar-refractivity contribution in [1.29, 1.82) is 0 Å². The van der Waals surface area contributed by atoms with Gasteiger partial charge < -0.3 is 0 Å². The summed E-state index contributed by atoms with van der Waals surface area (Å²) in [6.07, 6.45) is 0. The largest absolute Gasteiger partial charge is 0.207 e. The number of alkyl halides is 1. The number of hydrogen-bond donors (Lipinski definition) is 0. The molecule has 0 saturated carbocycles. The van der Waals surface area contributed by atoms with Gasteiger partial charge in [0.05, 0.1) is 4.83 Å². The molecule has 0 aliphatic rings. The number of fused-ring (bicyclic) bond motifs is 1. The Morgan fingerprint density at radius 3 is 2.65 bits per heavy atom. The lowest BCUT2D eigenvalue weighted by atomic mass is 10.0. The molecular formula is C15H8Br3FS. The molecule has 0 fully saturated rings. The van der Waals surface area contributed by atoms with Crippen molar-refractivity contribution in [3.05, 3.63) is 67.7 Å². The fourth-order valence-electron chi connectivity index (χ4n) is 2.14. The number of benzene rings is 2. The molecule has 1 heterocycles. The van der Waals surface area contributed by atoms with Crippen LogP contribution < -0.4 is 0 Å². The van der Waals surface area contributed by atoms with Crippen LogP contribution in [0.5, 0.6) is 0 Å². The second-order valence-corrected chi connectivity index (χ2v) is 7.94. The fraction of sp³-hybridized carbons (Fsp3) is 0.0667. The van der Waals surface area contributed by atoms with Gasteiger partial charge in [-0.1, -0.05) is 44.0 Å². The summed E-state index contributed by atoms with van der Waals surface area (Å²) < 4.78 is 16.6. The minimum Gasteiger partial charge on any atom is -0.207 e. The van der Waals surface area contributed by atoms with E-state index in [0.29, 0.717) is 0 Å². The Bertz CT molecular complexity index is 762. The first-order valence-corrected chi connectivity index (χ1v) is 9.20. The van der Waals surface area contributed by atoms with E-state index in [-0.39, 0.29) is 10.6 Å². The van der Waals surface area contributed by atoms with Gasteiger partial charge in [-0.15, -0.1) is 11.3 Å². The zero-order valence-corrected chi connectivity index (χ0v) is 15.6. The summed E-state index contributed by atoms with van der Waals surface area (Å²) in [6, 6.07) is 11.1. The van der Waals surface area contributed by atoms with Crippen molar-refractivity contribution in [2.45, 2.75) is 4.83 Å². The average Bonchev–Trinajstić information content (AvgIpc) is 2.82. The molecule has 1 unspecified atom stereocenters. The molecule has 0 aliphatic heterocycles. The summed E-state index contributed by atoms with van der Waals surface area (Å²) in [4.78, 5) is -0.0300. The van der Waals surface area contributed by atoms with Crippen LogP contribution in [-0.4, -0.2) is 0 Å². The van der Waals surface area contributed by atoms with E-state index in [1.807, 2.05) is 18.2 Å². The SMILES string of the molecule is Fc1cc(Br)cc(C(Br)c2csc3c(Br)cccc23)c1. The molecule has 0 nitrogen and oxygen atoms in total. The summed E-state index contributed by atoms with van der Waals surface area (Å²) in [5, 5.41) is 3.31. The molecule has 0 aliphatic carbocycles. The third kappa shape index (κ3) is 2.73. The van der Waals surface area contributed by atoms with Gasteiger partial charge in [0.1, 0.15) is 5.82 Å². The average molecular weight is 479 g/mol. The molecule has 20 heavy (non-hydrogen) atoms. The highest BCUT2D eigenvalue weighted by Crippen LogP contribution is 2.41. The minimum atomic E-state index is -0.237. The van der Waals surface area contributed by atoms with Crippen LogP contribution in [0.4, 0.5) is 4.39 Å². The standard InChI is InChI=1S/C15H8Br3FS/c16-9-4-8(5-10(19)6-9)14(18)12-7-20-15-11(12)2-1-3-13(15)17/h1-7,14H. The molecule has 0 radical (unpaired) electrons. The van der Waals surface area contributed by atoms with Crippen molar-refractivity contribution in [2.24, 2.45) is 0 Å². The first kappa shape index (κ1) is 14.7. The van der Waals surface area contributed by atoms with Gasteiger partial charge in [-0.2, -0.15) is 0 Å². The molecular weight excluding hydrogens is 471 g/mol. The normalized spacial score (nSPS) is 12.8. The van der Waals surface area contributed by atoms with Gasteiger partial charge in [0.15, 0.2) is 0 Å². The summed E-state index contributed by atoms with van der Waals surface area (Å²) in [5.41, 5.74) is 2.06. The van der Waals surface area contributed by atoms with E-state index in [0.717, 1.165) is 20.1 Å². The van der Waals surface area contributed by atoms with Gasteiger partial charge >= 0.3 is 0 Å². The minimum absolute atomic E-state index is 0.0300. The lowest BCUT2D eigenvalue weighted by Crippen LogP contribution is -1.93. The van der Waals surface area contributed by atoms with E-state index < -0.39 is 0 Å². The molecule has 0 N–H and O–H groups in total. The van der Waals surface area contributed by atoms with Crippen molar-refractivity contribution in [1.82, 2.24) is 0 Å². The van der Waals surface area contributed by atoms with E-state index in [1.165, 1.54) is 16.2 Å². The van der Waals surface area contributed by atoms with Crippen LogP contribution in [0.1, 0.15) is 16.0 Å². The van der Waals surface area contributed by atoms with Crippen LogP contribution in [0.15, 0.2) is 50.7 Å². The Morgan fingerprint density at radius 1 is 1.10 bits per heavy atom. The fourth-order valence-corrected chi connectivity index (χ4v) is 5.09. The number of thiophene rings is 1. The topological polar surface area (TPSA) is 0 Å². The Hall–Kier alpha value is -0.230. The Labute approximate surface area is 145 Å². The van der Waals surface area contributed by atoms with Crippen molar-refractivity contribution in [3.63, 3.8) is 0 Å². The molecule has 0 spiro atoms. The van der Waals surface area contributed by atoms with Gasteiger partial charge in [0, 0.05) is 13.6 Å². The zero-order chi connectivity index (χ0) is 14.3. The van der Waals surface area contributed by atoms with E-state index in [4.69, 9.17) is 0 Å². The maximum Gasteiger partial charge on any atom is 0.124 e. The second-order valence-electron chi connectivity index (χ2n) is 4.37. The molecule has 3 rings (SSSR count). The van der Waals surface area contributed by atoms with E-state index in [9.17, 15) is 4.39 Å². The van der Waals surface area contributed by atoms with Crippen molar-refractivity contribution >= 4 is 69.2 Å². The van der Waals surface area contributed by atoms with Crippen LogP contribution in [0.2, 0.25) is 0 Å². The maximum atomic E-state index is 13.6. The van der Waals surface area contributed by atoms with Crippen LogP contribution in [0.3, 0.4) is 0 Å². The van der Waals surface area contributed by atoms with Crippen molar-refractivity contribution < 1.29 is 4.39 Å². The van der Waals surface area contributed by atoms with Crippen LogP contribution in [-0.2, 0) is 0 Å². The van der Waals surface area contributed by atoms with Crippen LogP contribution in [0.25, 0.3) is 10.1 Å². The lowest BCUT2D eigenvalue weighted by molar-refractivity contribution is 0.625. The number of rotatable bonds is 2. The summed E-state index contributed by atoms with van der Waals surface area (Å²) in [6.45, 7) is 0. The number of hydrogen-bond acceptors (Lipinski definition) is 1. The molecule has 2 aromatic carbocycles. The van der Waals surface area contributed by atoms with Gasteiger partial charge in [-0.25, -0.2) is 4.39 Å². The molecule has 0 amide bonds. The summed E-state index contributed by atoms with van der Waals surface area (Å²) in [5.74, 6) is -0.237. The molecule has 102 valence electrons. The monoisotopic (exact) mass is 476 g/mol. The second kappa shape index (κ2) is 5.87. The maximum absolute atomic E-state index is 13.6. The van der Waals surface area contributed by atoms with Crippen LogP contribution in [0, 0.1) is 5.82 Å². The molecule has 3 aromatic rings. The molecule has 5 heteroatoms. The Kier molecular flexibility index (Phi) is 4.32. The Morgan fingerprint density at radius 2 is 1.90 bits per heavy atom. The zero-order valence-electron chi connectivity index (χ0n) is 10.0. The third-order valence-electron chi connectivity index (χ3n) is 3.03. The van der Waals surface area contributed by atoms with Gasteiger partial charge in [-0.3, -0.25) is 0 Å². The quantitative estimate of drug-likeness (QED) is 0.346. The molecule has 0 saturated heterocycles. The van der Waals surface area contributed by atoms with E-state index >= 15 is 0 Å².